The van der Waals surface area contributed by atoms with Crippen LogP contribution in [-0.2, 0) is 10.2 Å². The Balaban J connectivity index is 1.72. The molecule has 17 heavy (non-hydrogen) atoms. The Bertz CT molecular complexity index is 333. The zero-order valence-electron chi connectivity index (χ0n) is 10.5. The largest absolute Gasteiger partial charge is 0.314 e. The van der Waals surface area contributed by atoms with Crippen molar-refractivity contribution in [2.75, 3.05) is 26.2 Å². The van der Waals surface area contributed by atoms with E-state index in [0.29, 0.717) is 25.6 Å². The van der Waals surface area contributed by atoms with E-state index in [1.807, 2.05) is 6.92 Å². The molecule has 0 aromatic carbocycles. The number of rotatable bonds is 6. The smallest absolute Gasteiger partial charge is 0.279 e. The molecular formula is C11H23N3O2S. The molecule has 0 aromatic rings. The quantitative estimate of drug-likeness (QED) is 0.723. The molecule has 6 heteroatoms. The van der Waals surface area contributed by atoms with Crippen LogP contribution >= 0.6 is 0 Å². The minimum atomic E-state index is -3.21. The lowest BCUT2D eigenvalue weighted by Crippen LogP contribution is -2.46. The molecule has 5 nitrogen and oxygen atoms in total. The molecule has 0 unspecified atom stereocenters. The van der Waals surface area contributed by atoms with Crippen LogP contribution in [0.25, 0.3) is 0 Å². The summed E-state index contributed by atoms with van der Waals surface area (Å²) in [6.07, 6.45) is 4.58. The molecule has 0 atom stereocenters. The van der Waals surface area contributed by atoms with Gasteiger partial charge < -0.3 is 5.32 Å². The van der Waals surface area contributed by atoms with Gasteiger partial charge in [-0.15, -0.1) is 0 Å². The van der Waals surface area contributed by atoms with Gasteiger partial charge in [-0.05, 0) is 38.1 Å². The predicted molar refractivity (Wildman–Crippen MR) is 67.9 cm³/mol. The van der Waals surface area contributed by atoms with E-state index in [-0.39, 0.29) is 0 Å². The summed E-state index contributed by atoms with van der Waals surface area (Å²) in [7, 11) is -3.21. The van der Waals surface area contributed by atoms with Gasteiger partial charge in [0.2, 0.25) is 0 Å². The molecule has 2 N–H and O–H groups in total. The van der Waals surface area contributed by atoms with Gasteiger partial charge in [-0.25, -0.2) is 4.72 Å². The van der Waals surface area contributed by atoms with Crippen LogP contribution in [0.15, 0.2) is 0 Å². The Labute approximate surface area is 104 Å². The van der Waals surface area contributed by atoms with Crippen molar-refractivity contribution in [2.45, 2.75) is 38.6 Å². The molecule has 1 aliphatic carbocycles. The van der Waals surface area contributed by atoms with Crippen molar-refractivity contribution >= 4 is 10.2 Å². The molecule has 2 fully saturated rings. The minimum absolute atomic E-state index is 0.464. The molecule has 0 radical (unpaired) electrons. The summed E-state index contributed by atoms with van der Waals surface area (Å²) in [5.74, 6) is 0.642. The third kappa shape index (κ3) is 3.91. The van der Waals surface area contributed by atoms with E-state index in [0.717, 1.165) is 25.4 Å². The maximum Gasteiger partial charge on any atom is 0.279 e. The first-order chi connectivity index (χ1) is 8.12. The second kappa shape index (κ2) is 5.65. The number of hydrogen-bond acceptors (Lipinski definition) is 3. The Morgan fingerprint density at radius 2 is 1.82 bits per heavy atom. The van der Waals surface area contributed by atoms with Gasteiger partial charge in [0, 0.05) is 25.7 Å². The first-order valence-corrected chi connectivity index (χ1v) is 8.04. The van der Waals surface area contributed by atoms with Crippen molar-refractivity contribution in [1.29, 1.82) is 0 Å². The van der Waals surface area contributed by atoms with Gasteiger partial charge in [0.05, 0.1) is 0 Å². The van der Waals surface area contributed by atoms with Gasteiger partial charge in [-0.3, -0.25) is 0 Å². The summed E-state index contributed by atoms with van der Waals surface area (Å²) in [6.45, 7) is 4.65. The van der Waals surface area contributed by atoms with Crippen molar-refractivity contribution < 1.29 is 8.42 Å². The molecule has 2 aliphatic rings. The van der Waals surface area contributed by atoms with Gasteiger partial charge in [-0.2, -0.15) is 12.7 Å². The van der Waals surface area contributed by atoms with Crippen molar-refractivity contribution in [3.8, 4) is 0 Å². The molecule has 1 aliphatic heterocycles. The van der Waals surface area contributed by atoms with Crippen LogP contribution in [0.2, 0.25) is 0 Å². The van der Waals surface area contributed by atoms with Crippen LogP contribution < -0.4 is 10.0 Å². The third-order valence-corrected chi connectivity index (χ3v) is 5.21. The Morgan fingerprint density at radius 1 is 1.18 bits per heavy atom. The molecule has 0 amide bonds. The fraction of sp³-hybridized carbons (Fsp3) is 1.00. The van der Waals surface area contributed by atoms with E-state index < -0.39 is 10.2 Å². The molecule has 0 bridgehead atoms. The summed E-state index contributed by atoms with van der Waals surface area (Å²) in [4.78, 5) is 0. The summed E-state index contributed by atoms with van der Waals surface area (Å²) >= 11 is 0. The van der Waals surface area contributed by atoms with E-state index >= 15 is 0 Å². The van der Waals surface area contributed by atoms with Crippen LogP contribution in [0.4, 0.5) is 0 Å². The van der Waals surface area contributed by atoms with Crippen LogP contribution in [0, 0.1) is 5.92 Å². The lowest BCUT2D eigenvalue weighted by Gasteiger charge is -2.31. The Morgan fingerprint density at radius 3 is 2.35 bits per heavy atom. The predicted octanol–water partition coefficient (Wildman–Crippen LogP) is 0.305. The second-order valence-electron chi connectivity index (χ2n) is 5.03. The van der Waals surface area contributed by atoms with E-state index in [4.69, 9.17) is 0 Å². The standard InChI is InChI=1S/C11H23N3O2S/c1-2-13-17(15,16)14-7-5-10(6-8-14)9-12-11-3-4-11/h10-13H,2-9H2,1H3. The second-order valence-corrected chi connectivity index (χ2v) is 6.78. The van der Waals surface area contributed by atoms with Crippen molar-refractivity contribution in [3.05, 3.63) is 0 Å². The average Bonchev–Trinajstić information content (AvgIpc) is 3.11. The fourth-order valence-electron chi connectivity index (χ4n) is 2.25. The topological polar surface area (TPSA) is 61.4 Å². The van der Waals surface area contributed by atoms with E-state index in [1.54, 1.807) is 4.31 Å². The average molecular weight is 261 g/mol. The molecule has 1 heterocycles. The van der Waals surface area contributed by atoms with E-state index in [9.17, 15) is 8.42 Å². The molecular weight excluding hydrogens is 238 g/mol. The summed E-state index contributed by atoms with van der Waals surface area (Å²) in [6, 6.07) is 0.749. The first-order valence-electron chi connectivity index (χ1n) is 6.60. The third-order valence-electron chi connectivity index (χ3n) is 3.51. The lowest BCUT2D eigenvalue weighted by atomic mass is 9.98. The van der Waals surface area contributed by atoms with Crippen LogP contribution in [0.5, 0.6) is 0 Å². The highest BCUT2D eigenvalue weighted by atomic mass is 32.2. The minimum Gasteiger partial charge on any atom is -0.314 e. The highest BCUT2D eigenvalue weighted by Crippen LogP contribution is 2.22. The zero-order chi connectivity index (χ0) is 12.3. The maximum atomic E-state index is 11.8. The first kappa shape index (κ1) is 13.3. The molecule has 0 aromatic heterocycles. The van der Waals surface area contributed by atoms with Gasteiger partial charge >= 0.3 is 0 Å². The van der Waals surface area contributed by atoms with Crippen molar-refractivity contribution in [3.63, 3.8) is 0 Å². The van der Waals surface area contributed by atoms with Crippen molar-refractivity contribution in [2.24, 2.45) is 5.92 Å². The highest BCUT2D eigenvalue weighted by molar-refractivity contribution is 7.87. The normalized spacial score (nSPS) is 24.1. The summed E-state index contributed by atoms with van der Waals surface area (Å²) in [5.41, 5.74) is 0. The van der Waals surface area contributed by atoms with E-state index in [2.05, 4.69) is 10.0 Å². The number of hydrogen-bond donors (Lipinski definition) is 2. The number of nitrogens with zero attached hydrogens (tertiary/aromatic N) is 1. The lowest BCUT2D eigenvalue weighted by molar-refractivity contribution is 0.265. The molecule has 1 saturated heterocycles. The molecule has 100 valence electrons. The maximum absolute atomic E-state index is 11.8. The van der Waals surface area contributed by atoms with Gasteiger partial charge in [0.15, 0.2) is 0 Å². The van der Waals surface area contributed by atoms with E-state index in [1.165, 1.54) is 12.8 Å². The van der Waals surface area contributed by atoms with Gasteiger partial charge in [0.25, 0.3) is 10.2 Å². The van der Waals surface area contributed by atoms with Crippen LogP contribution in [0.1, 0.15) is 32.6 Å². The summed E-state index contributed by atoms with van der Waals surface area (Å²) in [5, 5.41) is 3.52. The molecule has 2 rings (SSSR count). The monoisotopic (exact) mass is 261 g/mol. The number of nitrogens with one attached hydrogen (secondary N) is 2. The Kier molecular flexibility index (Phi) is 4.41. The van der Waals surface area contributed by atoms with Crippen molar-refractivity contribution in [1.82, 2.24) is 14.3 Å². The van der Waals surface area contributed by atoms with Crippen LogP contribution in [-0.4, -0.2) is 44.9 Å². The fourth-order valence-corrected chi connectivity index (χ4v) is 3.49. The zero-order valence-corrected chi connectivity index (χ0v) is 11.3. The van der Waals surface area contributed by atoms with Gasteiger partial charge in [0.1, 0.15) is 0 Å². The molecule has 1 saturated carbocycles. The summed E-state index contributed by atoms with van der Waals surface area (Å²) < 4.78 is 27.7. The highest BCUT2D eigenvalue weighted by Gasteiger charge is 2.28. The SMILES string of the molecule is CCNS(=O)(=O)N1CCC(CNC2CC2)CC1. The number of piperidine rings is 1. The molecule has 0 spiro atoms. The van der Waals surface area contributed by atoms with Crippen LogP contribution in [0.3, 0.4) is 0 Å². The Hall–Kier alpha value is -0.170. The van der Waals surface area contributed by atoms with Gasteiger partial charge in [-0.1, -0.05) is 6.92 Å².